The first-order valence-electron chi connectivity index (χ1n) is 6.60. The largest absolute Gasteiger partial charge is 0.493 e. The maximum atomic E-state index is 5.91. The minimum atomic E-state index is 0.706. The number of hydrogen-bond acceptors (Lipinski definition) is 3. The van der Waals surface area contributed by atoms with E-state index in [0.717, 1.165) is 35.6 Å². The van der Waals surface area contributed by atoms with Crippen LogP contribution in [-0.2, 0) is 0 Å². The van der Waals surface area contributed by atoms with Crippen molar-refractivity contribution in [3.05, 3.63) is 30.5 Å². The number of ether oxygens (including phenoxy) is 1. The third-order valence-corrected chi connectivity index (χ3v) is 3.77. The SMILES string of the molecule is Nc1cccc2c(OCCC3CCC3)ccnc12. The number of para-hydroxylation sites is 1. The Morgan fingerprint density at radius 2 is 2.17 bits per heavy atom. The number of fused-ring (bicyclic) bond motifs is 1. The van der Waals surface area contributed by atoms with E-state index in [2.05, 4.69) is 4.98 Å². The number of benzene rings is 1. The van der Waals surface area contributed by atoms with Crippen molar-refractivity contribution in [3.63, 3.8) is 0 Å². The normalized spacial score (nSPS) is 15.6. The average Bonchev–Trinajstić information content (AvgIpc) is 2.33. The fourth-order valence-corrected chi connectivity index (χ4v) is 2.42. The summed E-state index contributed by atoms with van der Waals surface area (Å²) in [5.41, 5.74) is 7.45. The lowest BCUT2D eigenvalue weighted by Gasteiger charge is -2.25. The van der Waals surface area contributed by atoms with Crippen molar-refractivity contribution in [2.24, 2.45) is 5.92 Å². The number of aromatic nitrogens is 1. The third kappa shape index (κ3) is 2.13. The molecular formula is C15H18N2O. The van der Waals surface area contributed by atoms with Crippen LogP contribution in [0.2, 0.25) is 0 Å². The monoisotopic (exact) mass is 242 g/mol. The van der Waals surface area contributed by atoms with E-state index in [9.17, 15) is 0 Å². The van der Waals surface area contributed by atoms with Crippen LogP contribution in [0.1, 0.15) is 25.7 Å². The van der Waals surface area contributed by atoms with Gasteiger partial charge in [0.05, 0.1) is 17.8 Å². The summed E-state index contributed by atoms with van der Waals surface area (Å²) in [5, 5.41) is 1.01. The Morgan fingerprint density at radius 3 is 2.94 bits per heavy atom. The molecule has 2 N–H and O–H groups in total. The summed E-state index contributed by atoms with van der Waals surface area (Å²) < 4.78 is 5.89. The van der Waals surface area contributed by atoms with Crippen LogP contribution in [0.5, 0.6) is 5.75 Å². The van der Waals surface area contributed by atoms with Gasteiger partial charge in [0.1, 0.15) is 5.75 Å². The Morgan fingerprint density at radius 1 is 1.28 bits per heavy atom. The standard InChI is InChI=1S/C15H18N2O/c16-13-6-2-5-12-14(7-9-17-15(12)13)18-10-8-11-3-1-4-11/h2,5-7,9,11H,1,3-4,8,10,16H2. The van der Waals surface area contributed by atoms with E-state index in [4.69, 9.17) is 10.5 Å². The van der Waals surface area contributed by atoms with Crippen molar-refractivity contribution in [2.75, 3.05) is 12.3 Å². The number of pyridine rings is 1. The van der Waals surface area contributed by atoms with E-state index in [1.165, 1.54) is 19.3 Å². The topological polar surface area (TPSA) is 48.1 Å². The highest BCUT2D eigenvalue weighted by atomic mass is 16.5. The molecular weight excluding hydrogens is 224 g/mol. The first-order valence-corrected chi connectivity index (χ1v) is 6.60. The number of anilines is 1. The quantitative estimate of drug-likeness (QED) is 0.836. The highest BCUT2D eigenvalue weighted by Gasteiger charge is 2.17. The van der Waals surface area contributed by atoms with Crippen LogP contribution in [-0.4, -0.2) is 11.6 Å². The number of nitrogen functional groups attached to an aromatic ring is 1. The van der Waals surface area contributed by atoms with Crippen LogP contribution in [0.25, 0.3) is 10.9 Å². The van der Waals surface area contributed by atoms with Crippen LogP contribution >= 0.6 is 0 Å². The summed E-state index contributed by atoms with van der Waals surface area (Å²) in [6.07, 6.45) is 7.05. The van der Waals surface area contributed by atoms with E-state index in [1.54, 1.807) is 6.20 Å². The van der Waals surface area contributed by atoms with Gasteiger partial charge in [-0.05, 0) is 30.5 Å². The molecule has 3 nitrogen and oxygen atoms in total. The van der Waals surface area contributed by atoms with Gasteiger partial charge in [-0.15, -0.1) is 0 Å². The molecule has 1 saturated carbocycles. The maximum Gasteiger partial charge on any atom is 0.130 e. The smallest absolute Gasteiger partial charge is 0.130 e. The highest BCUT2D eigenvalue weighted by Crippen LogP contribution is 2.31. The Balaban J connectivity index is 1.76. The molecule has 3 heteroatoms. The van der Waals surface area contributed by atoms with Gasteiger partial charge in [-0.3, -0.25) is 4.98 Å². The van der Waals surface area contributed by atoms with E-state index < -0.39 is 0 Å². The number of nitrogens with zero attached hydrogens (tertiary/aromatic N) is 1. The molecule has 1 aliphatic carbocycles. The van der Waals surface area contributed by atoms with Crippen LogP contribution < -0.4 is 10.5 Å². The molecule has 0 amide bonds. The van der Waals surface area contributed by atoms with Crippen molar-refractivity contribution in [2.45, 2.75) is 25.7 Å². The molecule has 3 rings (SSSR count). The molecule has 0 saturated heterocycles. The molecule has 94 valence electrons. The van der Waals surface area contributed by atoms with E-state index in [-0.39, 0.29) is 0 Å². The van der Waals surface area contributed by atoms with Crippen molar-refractivity contribution < 1.29 is 4.74 Å². The van der Waals surface area contributed by atoms with Gasteiger partial charge >= 0.3 is 0 Å². The number of rotatable bonds is 4. The summed E-state index contributed by atoms with van der Waals surface area (Å²) >= 11 is 0. The van der Waals surface area contributed by atoms with Gasteiger partial charge in [-0.2, -0.15) is 0 Å². The van der Waals surface area contributed by atoms with Crippen molar-refractivity contribution in [1.29, 1.82) is 0 Å². The van der Waals surface area contributed by atoms with Gasteiger partial charge in [-0.25, -0.2) is 0 Å². The summed E-state index contributed by atoms with van der Waals surface area (Å²) in [5.74, 6) is 1.77. The Bertz CT molecular complexity index is 549. The second-order valence-corrected chi connectivity index (χ2v) is 4.99. The van der Waals surface area contributed by atoms with Crippen LogP contribution in [0.4, 0.5) is 5.69 Å². The van der Waals surface area contributed by atoms with Crippen molar-refractivity contribution in [3.8, 4) is 5.75 Å². The fourth-order valence-electron chi connectivity index (χ4n) is 2.42. The zero-order valence-corrected chi connectivity index (χ0v) is 10.4. The van der Waals surface area contributed by atoms with Gasteiger partial charge in [0.25, 0.3) is 0 Å². The second-order valence-electron chi connectivity index (χ2n) is 4.99. The lowest BCUT2D eigenvalue weighted by atomic mass is 9.83. The predicted octanol–water partition coefficient (Wildman–Crippen LogP) is 3.39. The summed E-state index contributed by atoms with van der Waals surface area (Å²) in [6, 6.07) is 7.74. The van der Waals surface area contributed by atoms with Crippen LogP contribution in [0.3, 0.4) is 0 Å². The van der Waals surface area contributed by atoms with E-state index >= 15 is 0 Å². The molecule has 0 atom stereocenters. The molecule has 1 aromatic heterocycles. The summed E-state index contributed by atoms with van der Waals surface area (Å²) in [6.45, 7) is 0.790. The molecule has 0 aliphatic heterocycles. The van der Waals surface area contributed by atoms with E-state index in [0.29, 0.717) is 5.69 Å². The van der Waals surface area contributed by atoms with Gasteiger partial charge < -0.3 is 10.5 Å². The van der Waals surface area contributed by atoms with Gasteiger partial charge in [0.2, 0.25) is 0 Å². The molecule has 2 aromatic rings. The van der Waals surface area contributed by atoms with Crippen LogP contribution in [0.15, 0.2) is 30.5 Å². The summed E-state index contributed by atoms with van der Waals surface area (Å²) in [4.78, 5) is 4.31. The first-order chi connectivity index (χ1) is 8.84. The first kappa shape index (κ1) is 11.3. The zero-order valence-electron chi connectivity index (χ0n) is 10.4. The number of nitrogens with two attached hydrogens (primary N) is 1. The number of hydrogen-bond donors (Lipinski definition) is 1. The van der Waals surface area contributed by atoms with Crippen LogP contribution in [0, 0.1) is 5.92 Å². The molecule has 1 heterocycles. The molecule has 0 bridgehead atoms. The van der Waals surface area contributed by atoms with Gasteiger partial charge in [0.15, 0.2) is 0 Å². The zero-order chi connectivity index (χ0) is 12.4. The van der Waals surface area contributed by atoms with Crippen molar-refractivity contribution in [1.82, 2.24) is 4.98 Å². The molecule has 0 unspecified atom stereocenters. The minimum Gasteiger partial charge on any atom is -0.493 e. The Labute approximate surface area is 107 Å². The molecule has 1 fully saturated rings. The lowest BCUT2D eigenvalue weighted by molar-refractivity contribution is 0.223. The summed E-state index contributed by atoms with van der Waals surface area (Å²) in [7, 11) is 0. The molecule has 18 heavy (non-hydrogen) atoms. The second kappa shape index (κ2) is 4.84. The van der Waals surface area contributed by atoms with Crippen molar-refractivity contribution >= 4 is 16.6 Å². The molecule has 1 aliphatic rings. The molecule has 1 aromatic carbocycles. The van der Waals surface area contributed by atoms with Gasteiger partial charge in [-0.1, -0.05) is 25.3 Å². The Kier molecular flexibility index (Phi) is 3.05. The lowest BCUT2D eigenvalue weighted by Crippen LogP contribution is -2.14. The van der Waals surface area contributed by atoms with E-state index in [1.807, 2.05) is 24.3 Å². The Hall–Kier alpha value is -1.77. The molecule has 0 spiro atoms. The third-order valence-electron chi connectivity index (χ3n) is 3.77. The van der Waals surface area contributed by atoms with Gasteiger partial charge in [0, 0.05) is 11.6 Å². The minimum absolute atomic E-state index is 0.706. The highest BCUT2D eigenvalue weighted by molar-refractivity contribution is 5.93. The fraction of sp³-hybridized carbons (Fsp3) is 0.400. The maximum absolute atomic E-state index is 5.91. The molecule has 0 radical (unpaired) electrons. The average molecular weight is 242 g/mol. The predicted molar refractivity (Wildman–Crippen MR) is 73.6 cm³/mol.